The van der Waals surface area contributed by atoms with E-state index < -0.39 is 50.3 Å². The van der Waals surface area contributed by atoms with Crippen molar-refractivity contribution in [2.24, 2.45) is 0 Å². The number of alkyl halides is 1. The molecule has 48 heavy (non-hydrogen) atoms. The number of phosphoric ester groups is 1. The predicted octanol–water partition coefficient (Wildman–Crippen LogP) is 8.78. The highest BCUT2D eigenvalue weighted by molar-refractivity contribution is 7.99. The molecule has 7 unspecified atom stereocenters. The molecule has 7 atom stereocenters. The van der Waals surface area contributed by atoms with Gasteiger partial charge in [0.05, 0.1) is 25.4 Å². The van der Waals surface area contributed by atoms with E-state index in [9.17, 15) is 23.4 Å². The lowest BCUT2D eigenvalue weighted by atomic mass is 10.1. The molecule has 280 valence electrons. The first kappa shape index (κ1) is 43.2. The van der Waals surface area contributed by atoms with Crippen LogP contribution in [0.25, 0.3) is 0 Å². The van der Waals surface area contributed by atoms with E-state index in [0.717, 1.165) is 30.3 Å². The minimum Gasteiger partial charge on any atom is -0.372 e. The molecular formula is C35H64FN2O8PS. The molecule has 1 aromatic rings. The topological polar surface area (TPSA) is 129 Å². The molecule has 2 rings (SSSR count). The summed E-state index contributed by atoms with van der Waals surface area (Å²) in [6.45, 7) is 9.56. The molecule has 0 saturated carbocycles. The number of phosphoric acid groups is 1. The van der Waals surface area contributed by atoms with E-state index in [1.807, 2.05) is 6.92 Å². The average Bonchev–Trinajstić information content (AvgIpc) is 3.42. The molecule has 0 aromatic carbocycles. The van der Waals surface area contributed by atoms with Crippen LogP contribution in [0.3, 0.4) is 0 Å². The number of hydrogen-bond acceptors (Lipinski definition) is 8. The van der Waals surface area contributed by atoms with Gasteiger partial charge in [-0.25, -0.2) is 13.8 Å². The van der Waals surface area contributed by atoms with E-state index in [1.165, 1.54) is 90.2 Å². The average molecular weight is 723 g/mol. The Hall–Kier alpha value is -1.01. The van der Waals surface area contributed by atoms with Gasteiger partial charge in [-0.15, -0.1) is 0 Å². The van der Waals surface area contributed by atoms with Gasteiger partial charge in [-0.1, -0.05) is 111 Å². The maximum Gasteiger partial charge on any atom is 0.472 e. The van der Waals surface area contributed by atoms with Gasteiger partial charge < -0.3 is 14.4 Å². The predicted molar refractivity (Wildman–Crippen MR) is 193 cm³/mol. The molecule has 10 nitrogen and oxygen atoms in total. The van der Waals surface area contributed by atoms with Gasteiger partial charge in [0.25, 0.3) is 5.56 Å². The zero-order chi connectivity index (χ0) is 35.4. The van der Waals surface area contributed by atoms with E-state index >= 15 is 0 Å². The molecule has 1 fully saturated rings. The number of halogens is 1. The number of aromatic nitrogens is 2. The first-order valence-corrected chi connectivity index (χ1v) is 21.0. The molecule has 2 N–H and O–H groups in total. The summed E-state index contributed by atoms with van der Waals surface area (Å²) in [6, 6.07) is 0. The smallest absolute Gasteiger partial charge is 0.372 e. The van der Waals surface area contributed by atoms with Crippen molar-refractivity contribution >= 4 is 19.6 Å². The Kier molecular flexibility index (Phi) is 21.8. The Morgan fingerprint density at radius 1 is 0.979 bits per heavy atom. The molecule has 0 amide bonds. The lowest BCUT2D eigenvalue weighted by Gasteiger charge is -2.25. The van der Waals surface area contributed by atoms with Gasteiger partial charge >= 0.3 is 13.5 Å². The summed E-state index contributed by atoms with van der Waals surface area (Å²) in [5, 5.41) is 0.426. The Balaban J connectivity index is 1.85. The quantitative estimate of drug-likeness (QED) is 0.0644. The fraction of sp³-hybridized carbons (Fsp3) is 0.886. The van der Waals surface area contributed by atoms with Crippen molar-refractivity contribution in [2.45, 2.75) is 180 Å². The third-order valence-electron chi connectivity index (χ3n) is 8.86. The molecule has 1 aromatic heterocycles. The van der Waals surface area contributed by atoms with Crippen LogP contribution < -0.4 is 11.2 Å². The summed E-state index contributed by atoms with van der Waals surface area (Å²) in [5.74, 6) is 0.617. The van der Waals surface area contributed by atoms with Gasteiger partial charge in [0, 0.05) is 29.2 Å². The van der Waals surface area contributed by atoms with Gasteiger partial charge in [-0.05, 0) is 26.7 Å². The van der Waals surface area contributed by atoms with Gasteiger partial charge in [0.2, 0.25) is 0 Å². The first-order valence-electron chi connectivity index (χ1n) is 18.5. The van der Waals surface area contributed by atoms with Crippen LogP contribution in [0.2, 0.25) is 0 Å². The summed E-state index contributed by atoms with van der Waals surface area (Å²) in [6.07, 6.45) is 16.5. The minimum atomic E-state index is -4.56. The number of aromatic amines is 1. The molecule has 13 heteroatoms. The molecule has 1 aliphatic rings. The van der Waals surface area contributed by atoms with E-state index in [0.29, 0.717) is 11.0 Å². The largest absolute Gasteiger partial charge is 0.472 e. The van der Waals surface area contributed by atoms with Crippen LogP contribution in [0.1, 0.15) is 149 Å². The van der Waals surface area contributed by atoms with Gasteiger partial charge in [0.15, 0.2) is 0 Å². The van der Waals surface area contributed by atoms with Crippen LogP contribution in [0.4, 0.5) is 4.39 Å². The number of unbranched alkanes of at least 4 members (excludes halogenated alkanes) is 12. The number of nitrogens with one attached hydrogen (secondary N) is 1. The van der Waals surface area contributed by atoms with Crippen molar-refractivity contribution in [3.8, 4) is 0 Å². The fourth-order valence-electron chi connectivity index (χ4n) is 5.85. The third-order valence-corrected chi connectivity index (χ3v) is 11.2. The van der Waals surface area contributed by atoms with E-state index in [-0.39, 0.29) is 24.7 Å². The van der Waals surface area contributed by atoms with Crippen molar-refractivity contribution < 1.29 is 32.4 Å². The fourth-order valence-corrected chi connectivity index (χ4v) is 7.66. The van der Waals surface area contributed by atoms with Gasteiger partial charge in [-0.2, -0.15) is 11.8 Å². The summed E-state index contributed by atoms with van der Waals surface area (Å²) in [7, 11) is -4.56. The van der Waals surface area contributed by atoms with Crippen molar-refractivity contribution in [3.05, 3.63) is 32.6 Å². The highest BCUT2D eigenvalue weighted by atomic mass is 32.2. The molecule has 1 saturated heterocycles. The van der Waals surface area contributed by atoms with E-state index in [4.69, 9.17) is 18.5 Å². The second-order valence-electron chi connectivity index (χ2n) is 13.5. The molecule has 0 spiro atoms. The Bertz CT molecular complexity index is 1170. The van der Waals surface area contributed by atoms with E-state index in [2.05, 4.69) is 25.8 Å². The summed E-state index contributed by atoms with van der Waals surface area (Å²) >= 11 is 1.79. The second-order valence-corrected chi connectivity index (χ2v) is 16.4. The molecule has 0 radical (unpaired) electrons. The lowest BCUT2D eigenvalue weighted by molar-refractivity contribution is -0.0439. The monoisotopic (exact) mass is 722 g/mol. The normalized spacial score (nSPS) is 21.3. The van der Waals surface area contributed by atoms with Crippen LogP contribution in [0, 0.1) is 6.92 Å². The molecule has 0 bridgehead atoms. The highest BCUT2D eigenvalue weighted by Crippen LogP contribution is 2.45. The van der Waals surface area contributed by atoms with Crippen molar-refractivity contribution in [2.75, 3.05) is 19.0 Å². The maximum absolute atomic E-state index is 14.8. The van der Waals surface area contributed by atoms with Crippen LogP contribution in [0.15, 0.2) is 15.8 Å². The van der Waals surface area contributed by atoms with Crippen molar-refractivity contribution in [1.29, 1.82) is 0 Å². The molecular weight excluding hydrogens is 658 g/mol. The number of nitrogens with zero attached hydrogens (tertiary/aromatic N) is 1. The number of hydrogen-bond donors (Lipinski definition) is 2. The van der Waals surface area contributed by atoms with E-state index in [1.54, 1.807) is 11.8 Å². The Morgan fingerprint density at radius 2 is 1.56 bits per heavy atom. The Morgan fingerprint density at radius 3 is 2.19 bits per heavy atom. The van der Waals surface area contributed by atoms with Gasteiger partial charge in [-0.3, -0.25) is 23.4 Å². The summed E-state index contributed by atoms with van der Waals surface area (Å²) in [4.78, 5) is 36.6. The SMILES string of the molecule is CCCCCCCCCCC(C)SCC(COP(=O)(O)OCC1OC(n2cc(C)c(=O)[nH]c2=O)CC1F)OC(C)CCCCCCCC. The minimum absolute atomic E-state index is 0.0246. The number of rotatable bonds is 28. The lowest BCUT2D eigenvalue weighted by Crippen LogP contribution is -2.33. The van der Waals surface area contributed by atoms with Gasteiger partial charge in [0.1, 0.15) is 18.5 Å². The van der Waals surface area contributed by atoms with Crippen LogP contribution >= 0.6 is 19.6 Å². The van der Waals surface area contributed by atoms with Crippen molar-refractivity contribution in [3.63, 3.8) is 0 Å². The standard InChI is InChI=1S/C35H64FN2O8PS/c1-6-8-10-12-14-15-17-19-21-29(5)48-26-30(45-28(4)20-18-16-13-11-9-7-2)24-43-47(41,42)44-25-32-31(36)22-33(46-32)38-23-27(3)34(39)37-35(38)40/h23,28-33H,6-22,24-26H2,1-5H3,(H,41,42)(H,37,39,40). The zero-order valence-electron chi connectivity index (χ0n) is 30.2. The Labute approximate surface area is 292 Å². The number of ether oxygens (including phenoxy) is 2. The molecule has 0 aliphatic carbocycles. The van der Waals surface area contributed by atoms with Crippen LogP contribution in [-0.4, -0.2) is 63.1 Å². The number of aryl methyl sites for hydroxylation is 1. The van der Waals surface area contributed by atoms with Crippen molar-refractivity contribution in [1.82, 2.24) is 9.55 Å². The highest BCUT2D eigenvalue weighted by Gasteiger charge is 2.39. The second kappa shape index (κ2) is 24.2. The van der Waals surface area contributed by atoms with Crippen LogP contribution in [-0.2, 0) is 23.1 Å². The van der Waals surface area contributed by atoms with Crippen LogP contribution in [0.5, 0.6) is 0 Å². The zero-order valence-corrected chi connectivity index (χ0v) is 31.9. The summed E-state index contributed by atoms with van der Waals surface area (Å²) < 4.78 is 51.3. The first-order chi connectivity index (χ1) is 23.0. The number of thioether (sulfide) groups is 1. The molecule has 1 aliphatic heterocycles. The maximum atomic E-state index is 14.8. The third kappa shape index (κ3) is 17.8. The summed E-state index contributed by atoms with van der Waals surface area (Å²) in [5.41, 5.74) is -0.970. The number of H-pyrrole nitrogens is 1. The molecule has 2 heterocycles.